The molecule has 1 atom stereocenters. The average molecular weight is 598 g/mol. The van der Waals surface area contributed by atoms with Crippen LogP contribution in [0.5, 0.6) is 0 Å². The summed E-state index contributed by atoms with van der Waals surface area (Å²) in [6, 6.07) is 21.5. The van der Waals surface area contributed by atoms with Crippen LogP contribution in [0.4, 0.5) is 5.69 Å². The van der Waals surface area contributed by atoms with Gasteiger partial charge in [0.25, 0.3) is 0 Å². The highest BCUT2D eigenvalue weighted by atomic mass is 35.5. The van der Waals surface area contributed by atoms with Crippen molar-refractivity contribution in [1.82, 2.24) is 10.2 Å². The van der Waals surface area contributed by atoms with Crippen molar-refractivity contribution in [1.29, 1.82) is 0 Å². The van der Waals surface area contributed by atoms with Crippen LogP contribution >= 0.6 is 11.6 Å². The Morgan fingerprint density at radius 2 is 1.56 bits per heavy atom. The van der Waals surface area contributed by atoms with Crippen LogP contribution in [-0.2, 0) is 32.6 Å². The molecule has 0 aromatic heterocycles. The van der Waals surface area contributed by atoms with Crippen molar-refractivity contribution in [2.24, 2.45) is 5.92 Å². The van der Waals surface area contributed by atoms with E-state index in [1.54, 1.807) is 36.4 Å². The van der Waals surface area contributed by atoms with Gasteiger partial charge in [0.1, 0.15) is 12.6 Å². The minimum Gasteiger partial charge on any atom is -0.354 e. The van der Waals surface area contributed by atoms with Gasteiger partial charge in [-0.3, -0.25) is 18.7 Å². The van der Waals surface area contributed by atoms with Crippen LogP contribution in [0.25, 0.3) is 0 Å². The number of ketones is 1. The monoisotopic (exact) mass is 597 g/mol. The Morgan fingerprint density at radius 1 is 0.902 bits per heavy atom. The number of amides is 2. The molecular weight excluding hydrogens is 562 g/mol. The molecule has 3 rings (SSSR count). The van der Waals surface area contributed by atoms with Crippen LogP contribution in [0, 0.1) is 5.92 Å². The van der Waals surface area contributed by atoms with Crippen LogP contribution in [0.15, 0.2) is 78.9 Å². The summed E-state index contributed by atoms with van der Waals surface area (Å²) in [5, 5.41) is 3.41. The number of carbonyl (C=O) groups excluding carboxylic acids is 3. The van der Waals surface area contributed by atoms with E-state index in [1.807, 2.05) is 44.2 Å². The van der Waals surface area contributed by atoms with E-state index in [9.17, 15) is 22.8 Å². The third-order valence-electron chi connectivity index (χ3n) is 6.42. The Morgan fingerprint density at radius 3 is 2.17 bits per heavy atom. The zero-order valence-electron chi connectivity index (χ0n) is 23.7. The number of nitrogens with zero attached hydrogens (tertiary/aromatic N) is 2. The molecule has 1 N–H and O–H groups in total. The Hall–Kier alpha value is -3.69. The second-order valence-corrected chi connectivity index (χ2v) is 12.7. The predicted molar refractivity (Wildman–Crippen MR) is 162 cm³/mol. The quantitative estimate of drug-likeness (QED) is 0.287. The summed E-state index contributed by atoms with van der Waals surface area (Å²) >= 11 is 6.23. The van der Waals surface area contributed by atoms with Gasteiger partial charge < -0.3 is 10.2 Å². The highest BCUT2D eigenvalue weighted by Gasteiger charge is 2.33. The van der Waals surface area contributed by atoms with Gasteiger partial charge in [-0.1, -0.05) is 80.0 Å². The zero-order valence-corrected chi connectivity index (χ0v) is 25.3. The number of hydrogen-bond donors (Lipinski definition) is 1. The maximum atomic E-state index is 14.1. The van der Waals surface area contributed by atoms with Crippen molar-refractivity contribution in [2.75, 3.05) is 23.7 Å². The van der Waals surface area contributed by atoms with E-state index in [0.717, 1.165) is 16.1 Å². The lowest BCUT2D eigenvalue weighted by molar-refractivity contribution is -0.140. The molecule has 2 amide bonds. The molecule has 0 aliphatic heterocycles. The standard InChI is InChI=1S/C31H36ClN3O5S/c1-22(2)19-33-31(38)29(17-24-10-6-5-7-11-24)34(20-25-12-8-14-27(32)16-25)30(37)21-35(41(4,39)40)28-15-9-13-26(18-28)23(3)36/h5-16,18,22,29H,17,19-21H2,1-4H3,(H,33,38)/t29-/m0/s1. The van der Waals surface area contributed by atoms with Gasteiger partial charge in [0, 0.05) is 30.1 Å². The number of hydrogen-bond acceptors (Lipinski definition) is 5. The van der Waals surface area contributed by atoms with E-state index in [2.05, 4.69) is 5.32 Å². The maximum Gasteiger partial charge on any atom is 0.244 e. The van der Waals surface area contributed by atoms with E-state index in [4.69, 9.17) is 11.6 Å². The van der Waals surface area contributed by atoms with Gasteiger partial charge in [-0.05, 0) is 48.2 Å². The summed E-state index contributed by atoms with van der Waals surface area (Å²) in [6.07, 6.45) is 1.22. The van der Waals surface area contributed by atoms with E-state index >= 15 is 0 Å². The maximum absolute atomic E-state index is 14.1. The number of sulfonamides is 1. The summed E-state index contributed by atoms with van der Waals surface area (Å²) in [5.41, 5.74) is 2.02. The van der Waals surface area contributed by atoms with Crippen LogP contribution in [-0.4, -0.2) is 56.3 Å². The lowest BCUT2D eigenvalue weighted by Crippen LogP contribution is -2.53. The van der Waals surface area contributed by atoms with Gasteiger partial charge in [-0.25, -0.2) is 8.42 Å². The van der Waals surface area contributed by atoms with Crippen molar-refractivity contribution < 1.29 is 22.8 Å². The molecule has 0 saturated heterocycles. The molecule has 3 aromatic rings. The lowest BCUT2D eigenvalue weighted by Gasteiger charge is -2.33. The van der Waals surface area contributed by atoms with E-state index in [0.29, 0.717) is 22.7 Å². The van der Waals surface area contributed by atoms with Gasteiger partial charge >= 0.3 is 0 Å². The van der Waals surface area contributed by atoms with Gasteiger partial charge in [0.2, 0.25) is 21.8 Å². The zero-order chi connectivity index (χ0) is 30.2. The summed E-state index contributed by atoms with van der Waals surface area (Å²) in [7, 11) is -3.94. The van der Waals surface area contributed by atoms with Gasteiger partial charge in [-0.2, -0.15) is 0 Å². The molecule has 8 nitrogen and oxygen atoms in total. The van der Waals surface area contributed by atoms with E-state index in [1.165, 1.54) is 24.0 Å². The first-order valence-electron chi connectivity index (χ1n) is 13.3. The highest BCUT2D eigenvalue weighted by Crippen LogP contribution is 2.22. The van der Waals surface area contributed by atoms with Crippen molar-refractivity contribution in [3.8, 4) is 0 Å². The van der Waals surface area contributed by atoms with E-state index in [-0.39, 0.29) is 36.3 Å². The summed E-state index contributed by atoms with van der Waals surface area (Å²) in [6.45, 7) is 5.20. The fourth-order valence-electron chi connectivity index (χ4n) is 4.30. The number of benzene rings is 3. The number of rotatable bonds is 13. The molecule has 0 radical (unpaired) electrons. The first kappa shape index (κ1) is 31.8. The predicted octanol–water partition coefficient (Wildman–Crippen LogP) is 4.72. The Bertz CT molecular complexity index is 1480. The third-order valence-corrected chi connectivity index (χ3v) is 7.79. The molecule has 3 aromatic carbocycles. The van der Waals surface area contributed by atoms with Crippen LogP contribution in [0.1, 0.15) is 42.3 Å². The van der Waals surface area contributed by atoms with Crippen molar-refractivity contribution in [3.63, 3.8) is 0 Å². The summed E-state index contributed by atoms with van der Waals surface area (Å²) < 4.78 is 26.8. The summed E-state index contributed by atoms with van der Waals surface area (Å²) in [5.74, 6) is -0.978. The normalized spacial score (nSPS) is 12.0. The fourth-order valence-corrected chi connectivity index (χ4v) is 5.36. The minimum atomic E-state index is -3.94. The van der Waals surface area contributed by atoms with Crippen LogP contribution in [0.2, 0.25) is 5.02 Å². The molecule has 0 spiro atoms. The van der Waals surface area contributed by atoms with Crippen LogP contribution < -0.4 is 9.62 Å². The second-order valence-electron chi connectivity index (χ2n) is 10.4. The Balaban J connectivity index is 2.07. The third kappa shape index (κ3) is 9.43. The number of anilines is 1. The molecule has 0 saturated carbocycles. The molecule has 0 aliphatic carbocycles. The van der Waals surface area contributed by atoms with Crippen LogP contribution in [0.3, 0.4) is 0 Å². The van der Waals surface area contributed by atoms with Crippen molar-refractivity contribution in [3.05, 3.63) is 101 Å². The first-order chi connectivity index (χ1) is 19.3. The molecule has 10 heteroatoms. The van der Waals surface area contributed by atoms with Gasteiger partial charge in [-0.15, -0.1) is 0 Å². The first-order valence-corrected chi connectivity index (χ1v) is 15.5. The minimum absolute atomic E-state index is 0.0249. The highest BCUT2D eigenvalue weighted by molar-refractivity contribution is 7.92. The summed E-state index contributed by atoms with van der Waals surface area (Å²) in [4.78, 5) is 41.1. The molecule has 0 unspecified atom stereocenters. The van der Waals surface area contributed by atoms with Gasteiger partial charge in [0.15, 0.2) is 5.78 Å². The smallest absolute Gasteiger partial charge is 0.244 e. The topological polar surface area (TPSA) is 104 Å². The molecule has 0 bridgehead atoms. The molecular formula is C31H36ClN3O5S. The number of Topliss-reactive ketones (excluding diaryl/α,β-unsaturated/α-hetero) is 1. The SMILES string of the molecule is CC(=O)c1cccc(N(CC(=O)N(Cc2cccc(Cl)c2)[C@@H](Cc2ccccc2)C(=O)NCC(C)C)S(C)(=O)=O)c1. The van der Waals surface area contributed by atoms with E-state index < -0.39 is 28.5 Å². The number of nitrogens with one attached hydrogen (secondary N) is 1. The van der Waals surface area contributed by atoms with Crippen molar-refractivity contribution in [2.45, 2.75) is 39.8 Å². The Kier molecular flexibility index (Phi) is 11.1. The number of carbonyl (C=O) groups is 3. The lowest BCUT2D eigenvalue weighted by atomic mass is 10.0. The largest absolute Gasteiger partial charge is 0.354 e. The molecule has 0 fully saturated rings. The average Bonchev–Trinajstić information content (AvgIpc) is 2.92. The molecule has 0 heterocycles. The van der Waals surface area contributed by atoms with Crippen molar-refractivity contribution >= 4 is 44.9 Å². The molecule has 0 aliphatic rings. The Labute approximate surface area is 247 Å². The molecule has 41 heavy (non-hydrogen) atoms. The fraction of sp³-hybridized carbons (Fsp3) is 0.323. The second kappa shape index (κ2) is 14.3. The molecule has 218 valence electrons. The number of halogens is 1. The van der Waals surface area contributed by atoms with Gasteiger partial charge in [0.05, 0.1) is 11.9 Å².